The van der Waals surface area contributed by atoms with E-state index in [4.69, 9.17) is 0 Å². The molecular weight excluding hydrogens is 373 g/mol. The van der Waals surface area contributed by atoms with Gasteiger partial charge < -0.3 is 10.2 Å². The third-order valence-corrected chi connectivity index (χ3v) is 5.68. The molecule has 1 aliphatic heterocycles. The van der Waals surface area contributed by atoms with E-state index >= 15 is 0 Å². The van der Waals surface area contributed by atoms with Crippen molar-refractivity contribution in [1.82, 2.24) is 25.1 Å². The molecule has 0 aromatic carbocycles. The second kappa shape index (κ2) is 6.89. The summed E-state index contributed by atoms with van der Waals surface area (Å²) >= 11 is 0. The highest BCUT2D eigenvalue weighted by Crippen LogP contribution is 2.32. The van der Waals surface area contributed by atoms with E-state index in [-0.39, 0.29) is 17.5 Å². The van der Waals surface area contributed by atoms with Gasteiger partial charge in [-0.2, -0.15) is 17.7 Å². The maximum Gasteiger partial charge on any atom is 0.453 e. The highest BCUT2D eigenvalue weighted by Gasteiger charge is 2.39. The maximum atomic E-state index is 13.3. The molecule has 3 heterocycles. The van der Waals surface area contributed by atoms with Gasteiger partial charge in [-0.15, -0.1) is 15.3 Å². The Bertz CT molecular complexity index is 905. The molecule has 1 amide bonds. The van der Waals surface area contributed by atoms with E-state index in [2.05, 4.69) is 20.6 Å². The number of carbonyl (C=O) groups is 1. The van der Waals surface area contributed by atoms with E-state index in [1.807, 2.05) is 11.8 Å². The van der Waals surface area contributed by atoms with Gasteiger partial charge in [0.25, 0.3) is 5.82 Å². The van der Waals surface area contributed by atoms with Crippen LogP contribution in [0.2, 0.25) is 0 Å². The van der Waals surface area contributed by atoms with Crippen LogP contribution in [0.3, 0.4) is 0 Å². The number of hydrogen-bond acceptors (Lipinski definition) is 5. The van der Waals surface area contributed by atoms with E-state index < -0.39 is 12.0 Å². The number of fused-ring (bicyclic) bond motifs is 1. The minimum atomic E-state index is -4.64. The fourth-order valence-electron chi connectivity index (χ4n) is 3.69. The van der Waals surface area contributed by atoms with Crippen LogP contribution in [0.1, 0.15) is 42.6 Å². The number of aromatic nitrogens is 4. The first-order valence-electron chi connectivity index (χ1n) is 9.58. The predicted octanol–water partition coefficient (Wildman–Crippen LogP) is 2.50. The SMILES string of the molecule is Cc1c(N2CCCC(C(=O)NCC3CC3)C2)nn2c(C(F)(F)F)nnc2c1C. The average Bonchev–Trinajstić information content (AvgIpc) is 3.38. The molecular formula is C18H23F3N6O. The number of alkyl halides is 3. The predicted molar refractivity (Wildman–Crippen MR) is 95.9 cm³/mol. The van der Waals surface area contributed by atoms with Crippen LogP contribution in [0.15, 0.2) is 0 Å². The number of hydrogen-bond donors (Lipinski definition) is 1. The van der Waals surface area contributed by atoms with E-state index in [1.54, 1.807) is 6.92 Å². The number of aryl methyl sites for hydroxylation is 1. The average molecular weight is 396 g/mol. The lowest BCUT2D eigenvalue weighted by Gasteiger charge is -2.34. The summed E-state index contributed by atoms with van der Waals surface area (Å²) in [5, 5.41) is 14.2. The van der Waals surface area contributed by atoms with Gasteiger partial charge in [-0.25, -0.2) is 0 Å². The maximum absolute atomic E-state index is 13.3. The van der Waals surface area contributed by atoms with Crippen LogP contribution in [-0.4, -0.2) is 45.4 Å². The second-order valence-corrected chi connectivity index (χ2v) is 7.80. The third-order valence-electron chi connectivity index (χ3n) is 5.68. The molecule has 0 radical (unpaired) electrons. The largest absolute Gasteiger partial charge is 0.453 e. The van der Waals surface area contributed by atoms with Gasteiger partial charge in [0.05, 0.1) is 5.92 Å². The summed E-state index contributed by atoms with van der Waals surface area (Å²) < 4.78 is 40.5. The lowest BCUT2D eigenvalue weighted by molar-refractivity contribution is -0.146. The van der Waals surface area contributed by atoms with Gasteiger partial charge in [0, 0.05) is 30.8 Å². The molecule has 1 atom stereocenters. The number of nitrogens with one attached hydrogen (secondary N) is 1. The van der Waals surface area contributed by atoms with Gasteiger partial charge in [-0.3, -0.25) is 4.79 Å². The molecule has 2 aliphatic rings. The van der Waals surface area contributed by atoms with Gasteiger partial charge in [0.1, 0.15) is 0 Å². The Balaban J connectivity index is 1.61. The number of piperidine rings is 1. The summed E-state index contributed by atoms with van der Waals surface area (Å²) in [5.41, 5.74) is 1.46. The smallest absolute Gasteiger partial charge is 0.356 e. The fraction of sp³-hybridized carbons (Fsp3) is 0.667. The standard InChI is InChI=1S/C18H23F3N6O/c1-10-11(2)15(25-27-14(10)23-24-17(27)18(19,20)21)26-7-3-4-13(9-26)16(28)22-8-12-5-6-12/h12-13H,3-9H2,1-2H3,(H,22,28). The number of nitrogens with zero attached hydrogens (tertiary/aromatic N) is 5. The van der Waals surface area contributed by atoms with Crippen LogP contribution in [0.5, 0.6) is 0 Å². The van der Waals surface area contributed by atoms with Crippen LogP contribution in [0, 0.1) is 25.7 Å². The van der Waals surface area contributed by atoms with Crippen molar-refractivity contribution in [3.05, 3.63) is 17.0 Å². The Morgan fingerprint density at radius 1 is 1.18 bits per heavy atom. The van der Waals surface area contributed by atoms with Crippen molar-refractivity contribution in [1.29, 1.82) is 0 Å². The van der Waals surface area contributed by atoms with E-state index in [9.17, 15) is 18.0 Å². The van der Waals surface area contributed by atoms with Gasteiger partial charge in [0.15, 0.2) is 11.5 Å². The number of halogens is 3. The van der Waals surface area contributed by atoms with Crippen LogP contribution in [-0.2, 0) is 11.0 Å². The van der Waals surface area contributed by atoms with Crippen molar-refractivity contribution in [2.24, 2.45) is 11.8 Å². The first-order chi connectivity index (χ1) is 13.3. The molecule has 2 fully saturated rings. The Morgan fingerprint density at radius 3 is 2.61 bits per heavy atom. The Hall–Kier alpha value is -2.39. The van der Waals surface area contributed by atoms with Gasteiger partial charge in [-0.1, -0.05) is 0 Å². The van der Waals surface area contributed by atoms with Gasteiger partial charge in [-0.05, 0) is 45.4 Å². The second-order valence-electron chi connectivity index (χ2n) is 7.80. The number of rotatable bonds is 4. The summed E-state index contributed by atoms with van der Waals surface area (Å²) in [6.07, 6.45) is -0.750. The Kier molecular flexibility index (Phi) is 4.67. The van der Waals surface area contributed by atoms with Crippen molar-refractivity contribution < 1.29 is 18.0 Å². The van der Waals surface area contributed by atoms with E-state index in [0.717, 1.165) is 22.9 Å². The van der Waals surface area contributed by atoms with Crippen LogP contribution >= 0.6 is 0 Å². The van der Waals surface area contributed by atoms with Crippen molar-refractivity contribution in [2.45, 2.75) is 45.7 Å². The monoisotopic (exact) mass is 396 g/mol. The summed E-state index contributed by atoms with van der Waals surface area (Å²) in [7, 11) is 0. The summed E-state index contributed by atoms with van der Waals surface area (Å²) in [4.78, 5) is 14.4. The lowest BCUT2D eigenvalue weighted by Crippen LogP contribution is -2.44. The van der Waals surface area contributed by atoms with Gasteiger partial charge >= 0.3 is 6.18 Å². The molecule has 0 bridgehead atoms. The molecule has 1 unspecified atom stereocenters. The van der Waals surface area contributed by atoms with Crippen LogP contribution in [0.25, 0.3) is 5.65 Å². The highest BCUT2D eigenvalue weighted by atomic mass is 19.4. The molecule has 1 N–H and O–H groups in total. The first kappa shape index (κ1) is 18.9. The first-order valence-corrected chi connectivity index (χ1v) is 9.58. The van der Waals surface area contributed by atoms with E-state index in [0.29, 0.717) is 36.9 Å². The molecule has 1 saturated heterocycles. The molecule has 0 spiro atoms. The molecule has 2 aromatic rings. The normalized spacial score (nSPS) is 20.6. The molecule has 152 valence electrons. The van der Waals surface area contributed by atoms with Crippen molar-refractivity contribution >= 4 is 17.4 Å². The zero-order valence-corrected chi connectivity index (χ0v) is 15.9. The summed E-state index contributed by atoms with van der Waals surface area (Å²) in [6.45, 7) is 5.34. The topological polar surface area (TPSA) is 75.4 Å². The molecule has 10 heteroatoms. The summed E-state index contributed by atoms with van der Waals surface area (Å²) in [6, 6.07) is 0. The molecule has 1 saturated carbocycles. The van der Waals surface area contributed by atoms with Crippen molar-refractivity contribution in [3.8, 4) is 0 Å². The molecule has 2 aromatic heterocycles. The summed E-state index contributed by atoms with van der Waals surface area (Å²) in [5.74, 6) is -0.246. The molecule has 28 heavy (non-hydrogen) atoms. The Morgan fingerprint density at radius 2 is 1.93 bits per heavy atom. The van der Waals surface area contributed by atoms with Crippen LogP contribution < -0.4 is 10.2 Å². The third kappa shape index (κ3) is 3.51. The molecule has 7 nitrogen and oxygen atoms in total. The van der Waals surface area contributed by atoms with E-state index in [1.165, 1.54) is 12.8 Å². The van der Waals surface area contributed by atoms with Gasteiger partial charge in [0.2, 0.25) is 5.91 Å². The Labute approximate surface area is 160 Å². The molecule has 1 aliphatic carbocycles. The highest BCUT2D eigenvalue weighted by molar-refractivity contribution is 5.79. The van der Waals surface area contributed by atoms with Crippen molar-refractivity contribution in [2.75, 3.05) is 24.5 Å². The van der Waals surface area contributed by atoms with Crippen LogP contribution in [0.4, 0.5) is 19.0 Å². The number of amides is 1. The van der Waals surface area contributed by atoms with Crippen molar-refractivity contribution in [3.63, 3.8) is 0 Å². The zero-order valence-electron chi connectivity index (χ0n) is 15.9. The zero-order chi connectivity index (χ0) is 20.1. The lowest BCUT2D eigenvalue weighted by atomic mass is 9.96. The quantitative estimate of drug-likeness (QED) is 0.860. The number of carbonyl (C=O) groups excluding carboxylic acids is 1. The number of anilines is 1. The molecule has 4 rings (SSSR count). The minimum absolute atomic E-state index is 0.0207. The fourth-order valence-corrected chi connectivity index (χ4v) is 3.69. The minimum Gasteiger partial charge on any atom is -0.356 e.